The third kappa shape index (κ3) is 6.95. The molecule has 8 nitrogen and oxygen atoms in total. The lowest BCUT2D eigenvalue weighted by atomic mass is 9.96. The first-order valence-corrected chi connectivity index (χ1v) is 13.5. The van der Waals surface area contributed by atoms with Crippen molar-refractivity contribution in [3.63, 3.8) is 0 Å². The van der Waals surface area contributed by atoms with Crippen LogP contribution in [0.1, 0.15) is 42.9 Å². The average Bonchev–Trinajstić information content (AvgIpc) is 2.95. The maximum atomic E-state index is 14.2. The zero-order valence-electron chi connectivity index (χ0n) is 22.9. The van der Waals surface area contributed by atoms with Crippen molar-refractivity contribution in [2.45, 2.75) is 63.6 Å². The van der Waals surface area contributed by atoms with Gasteiger partial charge in [0.25, 0.3) is 11.9 Å². The Kier molecular flexibility index (Phi) is 9.40. The number of alkyl halides is 4. The lowest BCUT2D eigenvalue weighted by molar-refractivity contribution is -0.137. The molecule has 1 aromatic rings. The second-order valence-corrected chi connectivity index (χ2v) is 10.4. The van der Waals surface area contributed by atoms with Crippen LogP contribution in [-0.2, 0) is 33.4 Å². The van der Waals surface area contributed by atoms with E-state index in [9.17, 15) is 22.4 Å². The van der Waals surface area contributed by atoms with E-state index in [1.807, 2.05) is 4.90 Å². The van der Waals surface area contributed by atoms with Gasteiger partial charge in [0.1, 0.15) is 11.9 Å². The van der Waals surface area contributed by atoms with Gasteiger partial charge in [-0.3, -0.25) is 4.79 Å². The third-order valence-electron chi connectivity index (χ3n) is 7.87. The number of nitrogens with zero attached hydrogens (tertiary/aromatic N) is 3. The largest absolute Gasteiger partial charge is 0.469 e. The number of aliphatic imine (C=N–C) groups is 1. The van der Waals surface area contributed by atoms with E-state index in [1.165, 1.54) is 19.2 Å². The normalized spacial score (nSPS) is 23.4. The Morgan fingerprint density at radius 3 is 2.55 bits per heavy atom. The fourth-order valence-corrected chi connectivity index (χ4v) is 5.38. The minimum absolute atomic E-state index is 0.0684. The molecule has 2 fully saturated rings. The first-order chi connectivity index (χ1) is 19.0. The molecule has 0 aromatic heterocycles. The number of amidine groups is 1. The molecular formula is C28H37F4N5O3. The van der Waals surface area contributed by atoms with Crippen LogP contribution < -0.4 is 11.1 Å². The summed E-state index contributed by atoms with van der Waals surface area (Å²) in [6, 6.07) is 3.43. The Morgan fingerprint density at radius 1 is 1.18 bits per heavy atom. The van der Waals surface area contributed by atoms with Crippen LogP contribution >= 0.6 is 0 Å². The number of nitrogens with one attached hydrogen (secondary N) is 1. The Morgan fingerprint density at radius 2 is 1.90 bits per heavy atom. The molecule has 4 rings (SSSR count). The number of carbonyl (C=O) groups excluding carboxylic acids is 1. The standard InChI is InChI=1S/C28H37F4N5O3/c1-17(18(2)37-10-6-19-4-5-21(28(30,31)32)14-20(19)15-37)25(35-27(33)39-3)26(38)36-11-7-22(8-12-36)34-24-9-13-40-16-23(24)29/h4-5,14,22-24,34H,2,6-13,15-16H2,1,3H3,(H2,33,35)/b25-17-. The number of likely N-dealkylation sites (tertiary alicyclic amines) is 1. The van der Waals surface area contributed by atoms with Crippen molar-refractivity contribution in [1.82, 2.24) is 15.1 Å². The molecule has 0 spiro atoms. The van der Waals surface area contributed by atoms with E-state index in [2.05, 4.69) is 16.9 Å². The molecule has 12 heteroatoms. The van der Waals surface area contributed by atoms with Gasteiger partial charge in [-0.25, -0.2) is 4.39 Å². The van der Waals surface area contributed by atoms with Crippen LogP contribution in [0.5, 0.6) is 0 Å². The number of allylic oxidation sites excluding steroid dienone is 1. The van der Waals surface area contributed by atoms with E-state index >= 15 is 0 Å². The van der Waals surface area contributed by atoms with Gasteiger partial charge in [-0.2, -0.15) is 18.2 Å². The Bertz CT molecular complexity index is 1160. The SMILES string of the molecule is C=C(/C(C)=C(\N=C(N)OC)C(=O)N1CCC(NC2CCOCC2F)CC1)N1CCc2ccc(C(F)(F)F)cc2C1. The Labute approximate surface area is 231 Å². The third-order valence-corrected chi connectivity index (χ3v) is 7.87. The van der Waals surface area contributed by atoms with Crippen LogP contribution in [0.2, 0.25) is 0 Å². The number of nitrogens with two attached hydrogens (primary N) is 1. The fraction of sp³-hybridized carbons (Fsp3) is 0.571. The number of amides is 1. The maximum Gasteiger partial charge on any atom is 0.416 e. The van der Waals surface area contributed by atoms with Crippen LogP contribution in [0.3, 0.4) is 0 Å². The number of methoxy groups -OCH3 is 1. The van der Waals surface area contributed by atoms with Crippen molar-refractivity contribution < 1.29 is 31.8 Å². The summed E-state index contributed by atoms with van der Waals surface area (Å²) in [5.74, 6) is -0.344. The molecule has 3 aliphatic rings. The predicted octanol–water partition coefficient (Wildman–Crippen LogP) is 3.52. The summed E-state index contributed by atoms with van der Waals surface area (Å²) < 4.78 is 64.2. The average molecular weight is 568 g/mol. The molecule has 1 aromatic carbocycles. The molecule has 0 saturated carbocycles. The first-order valence-electron chi connectivity index (χ1n) is 13.5. The van der Waals surface area contributed by atoms with Gasteiger partial charge >= 0.3 is 6.18 Å². The van der Waals surface area contributed by atoms with Crippen LogP contribution in [-0.4, -0.2) is 79.9 Å². The van der Waals surface area contributed by atoms with Crippen molar-refractivity contribution in [2.24, 2.45) is 10.7 Å². The minimum atomic E-state index is -4.43. The van der Waals surface area contributed by atoms with E-state index in [-0.39, 0.29) is 42.9 Å². The number of rotatable bonds is 6. The molecule has 2 saturated heterocycles. The Balaban J connectivity index is 1.48. The number of halogens is 4. The van der Waals surface area contributed by atoms with Crippen LogP contribution in [0.15, 0.2) is 46.7 Å². The van der Waals surface area contributed by atoms with Crippen molar-refractivity contribution >= 4 is 11.9 Å². The molecule has 1 amide bonds. The monoisotopic (exact) mass is 567 g/mol. The molecule has 3 aliphatic heterocycles. The molecule has 0 radical (unpaired) electrons. The lowest BCUT2D eigenvalue weighted by Gasteiger charge is -2.37. The Hall–Kier alpha value is -3.12. The van der Waals surface area contributed by atoms with Gasteiger partial charge < -0.3 is 30.3 Å². The first kappa shape index (κ1) is 29.9. The summed E-state index contributed by atoms with van der Waals surface area (Å²) in [6.45, 7) is 8.11. The summed E-state index contributed by atoms with van der Waals surface area (Å²) in [5, 5.41) is 3.38. The number of benzene rings is 1. The van der Waals surface area contributed by atoms with Crippen LogP contribution in [0.4, 0.5) is 17.6 Å². The number of ether oxygens (including phenoxy) is 2. The van der Waals surface area contributed by atoms with Gasteiger partial charge in [0.15, 0.2) is 0 Å². The van der Waals surface area contributed by atoms with Crippen molar-refractivity contribution in [2.75, 3.05) is 40.0 Å². The molecule has 40 heavy (non-hydrogen) atoms. The molecule has 2 unspecified atom stereocenters. The highest BCUT2D eigenvalue weighted by Gasteiger charge is 2.33. The summed E-state index contributed by atoms with van der Waals surface area (Å²) in [4.78, 5) is 21.4. The molecule has 3 heterocycles. The number of piperidine rings is 1. The van der Waals surface area contributed by atoms with Gasteiger partial charge in [0, 0.05) is 56.1 Å². The number of hydrogen-bond acceptors (Lipinski definition) is 6. The van der Waals surface area contributed by atoms with E-state index in [1.54, 1.807) is 11.8 Å². The van der Waals surface area contributed by atoms with E-state index < -0.39 is 17.9 Å². The maximum absolute atomic E-state index is 14.2. The molecular weight excluding hydrogens is 530 g/mol. The molecule has 3 N–H and O–H groups in total. The second-order valence-electron chi connectivity index (χ2n) is 10.4. The highest BCUT2D eigenvalue weighted by atomic mass is 19.4. The summed E-state index contributed by atoms with van der Waals surface area (Å²) in [5.41, 5.74) is 7.56. The van der Waals surface area contributed by atoms with Crippen LogP contribution in [0, 0.1) is 0 Å². The molecule has 220 valence electrons. The predicted molar refractivity (Wildman–Crippen MR) is 143 cm³/mol. The fourth-order valence-electron chi connectivity index (χ4n) is 5.38. The quantitative estimate of drug-likeness (QED) is 0.180. The van der Waals surface area contributed by atoms with Gasteiger partial charge in [-0.05, 0) is 55.9 Å². The second kappa shape index (κ2) is 12.6. The molecule has 2 atom stereocenters. The zero-order chi connectivity index (χ0) is 29.0. The molecule has 0 aliphatic carbocycles. The van der Waals surface area contributed by atoms with Crippen LogP contribution in [0.25, 0.3) is 0 Å². The van der Waals surface area contributed by atoms with E-state index in [0.29, 0.717) is 68.8 Å². The topological polar surface area (TPSA) is 92.4 Å². The number of hydrogen-bond donors (Lipinski definition) is 2. The number of carbonyl (C=O) groups is 1. The van der Waals surface area contributed by atoms with E-state index in [0.717, 1.165) is 11.6 Å². The van der Waals surface area contributed by atoms with Gasteiger partial charge in [0.05, 0.1) is 19.3 Å². The highest BCUT2D eigenvalue weighted by molar-refractivity contribution is 5.97. The number of fused-ring (bicyclic) bond motifs is 1. The summed E-state index contributed by atoms with van der Waals surface area (Å²) in [6.07, 6.45) is -3.03. The van der Waals surface area contributed by atoms with Crippen molar-refractivity contribution in [3.8, 4) is 0 Å². The van der Waals surface area contributed by atoms with Crippen molar-refractivity contribution in [3.05, 3.63) is 58.4 Å². The van der Waals surface area contributed by atoms with Crippen molar-refractivity contribution in [1.29, 1.82) is 0 Å². The molecule has 0 bridgehead atoms. The summed E-state index contributed by atoms with van der Waals surface area (Å²) in [7, 11) is 1.34. The van der Waals surface area contributed by atoms with Gasteiger partial charge in [-0.15, -0.1) is 0 Å². The summed E-state index contributed by atoms with van der Waals surface area (Å²) >= 11 is 0. The zero-order valence-corrected chi connectivity index (χ0v) is 22.9. The van der Waals surface area contributed by atoms with Gasteiger partial charge in [-0.1, -0.05) is 12.6 Å². The lowest BCUT2D eigenvalue weighted by Crippen LogP contribution is -2.52. The minimum Gasteiger partial charge on any atom is -0.469 e. The highest BCUT2D eigenvalue weighted by Crippen LogP contribution is 2.33. The van der Waals surface area contributed by atoms with E-state index in [4.69, 9.17) is 15.2 Å². The van der Waals surface area contributed by atoms with Gasteiger partial charge in [0.2, 0.25) is 0 Å². The smallest absolute Gasteiger partial charge is 0.416 e.